The molecule has 0 saturated carbocycles. The highest BCUT2D eigenvalue weighted by atomic mass is 16.2. The molecule has 5 nitrogen and oxygen atoms in total. The Kier molecular flexibility index (Phi) is 6.02. The lowest BCUT2D eigenvalue weighted by Crippen LogP contribution is -2.31. The third-order valence-electron chi connectivity index (χ3n) is 2.62. The van der Waals surface area contributed by atoms with Gasteiger partial charge in [-0.05, 0) is 58.3 Å². The van der Waals surface area contributed by atoms with E-state index < -0.39 is 0 Å². The summed E-state index contributed by atoms with van der Waals surface area (Å²) < 4.78 is 0. The average molecular weight is 263 g/mol. The van der Waals surface area contributed by atoms with Gasteiger partial charge in [-0.15, -0.1) is 0 Å². The van der Waals surface area contributed by atoms with E-state index in [1.165, 1.54) is 6.92 Å². The van der Waals surface area contributed by atoms with Gasteiger partial charge in [-0.3, -0.25) is 4.79 Å². The molecular formula is C14H21N3O2. The Morgan fingerprint density at radius 2 is 1.79 bits per heavy atom. The molecular weight excluding hydrogens is 242 g/mol. The highest BCUT2D eigenvalue weighted by Gasteiger charge is 2.02. The number of carbonyl (C=O) groups excluding carboxylic acids is 2. The van der Waals surface area contributed by atoms with Crippen molar-refractivity contribution in [2.75, 3.05) is 32.5 Å². The van der Waals surface area contributed by atoms with E-state index in [1.54, 1.807) is 24.3 Å². The van der Waals surface area contributed by atoms with E-state index in [0.29, 0.717) is 17.8 Å². The summed E-state index contributed by atoms with van der Waals surface area (Å²) in [4.78, 5) is 24.7. The number of rotatable bonds is 6. The predicted molar refractivity (Wildman–Crippen MR) is 76.6 cm³/mol. The van der Waals surface area contributed by atoms with Crippen LogP contribution in [-0.4, -0.2) is 43.9 Å². The minimum atomic E-state index is -0.227. The van der Waals surface area contributed by atoms with E-state index in [2.05, 4.69) is 15.5 Å². The van der Waals surface area contributed by atoms with Crippen LogP contribution < -0.4 is 10.6 Å². The molecule has 1 aromatic carbocycles. The van der Waals surface area contributed by atoms with E-state index in [1.807, 2.05) is 14.1 Å². The molecule has 0 aromatic heterocycles. The van der Waals surface area contributed by atoms with E-state index >= 15 is 0 Å². The first-order chi connectivity index (χ1) is 8.99. The SMILES string of the molecule is CC(=O)c1ccc(NC(=O)NCCCN(C)C)cc1. The number of amides is 2. The summed E-state index contributed by atoms with van der Waals surface area (Å²) in [5.74, 6) is 0.0136. The fourth-order valence-corrected chi connectivity index (χ4v) is 1.56. The normalized spacial score (nSPS) is 10.3. The van der Waals surface area contributed by atoms with Crippen molar-refractivity contribution in [3.8, 4) is 0 Å². The quantitative estimate of drug-likeness (QED) is 0.609. The van der Waals surface area contributed by atoms with Gasteiger partial charge in [0.15, 0.2) is 5.78 Å². The standard InChI is InChI=1S/C14H21N3O2/c1-11(18)12-5-7-13(8-6-12)16-14(19)15-9-4-10-17(2)3/h5-8H,4,9-10H2,1-3H3,(H2,15,16,19). The van der Waals surface area contributed by atoms with Crippen molar-refractivity contribution >= 4 is 17.5 Å². The minimum absolute atomic E-state index is 0.0136. The van der Waals surface area contributed by atoms with Crippen LogP contribution in [0.25, 0.3) is 0 Å². The Bertz CT molecular complexity index is 427. The van der Waals surface area contributed by atoms with Crippen LogP contribution in [0.5, 0.6) is 0 Å². The van der Waals surface area contributed by atoms with E-state index in [9.17, 15) is 9.59 Å². The molecule has 0 heterocycles. The van der Waals surface area contributed by atoms with Gasteiger partial charge in [-0.25, -0.2) is 4.79 Å². The second kappa shape index (κ2) is 7.53. The third kappa shape index (κ3) is 6.01. The number of nitrogens with zero attached hydrogens (tertiary/aromatic N) is 1. The maximum Gasteiger partial charge on any atom is 0.319 e. The van der Waals surface area contributed by atoms with Gasteiger partial charge in [-0.2, -0.15) is 0 Å². The maximum atomic E-state index is 11.6. The molecule has 1 aromatic rings. The minimum Gasteiger partial charge on any atom is -0.338 e. The van der Waals surface area contributed by atoms with Crippen molar-refractivity contribution in [2.24, 2.45) is 0 Å². The molecule has 0 unspecified atom stereocenters. The number of anilines is 1. The van der Waals surface area contributed by atoms with E-state index in [0.717, 1.165) is 13.0 Å². The van der Waals surface area contributed by atoms with Crippen molar-refractivity contribution in [2.45, 2.75) is 13.3 Å². The zero-order chi connectivity index (χ0) is 14.3. The number of hydrogen-bond donors (Lipinski definition) is 2. The lowest BCUT2D eigenvalue weighted by atomic mass is 10.1. The van der Waals surface area contributed by atoms with Crippen molar-refractivity contribution in [1.29, 1.82) is 0 Å². The second-order valence-electron chi connectivity index (χ2n) is 4.67. The van der Waals surface area contributed by atoms with Crippen LogP contribution >= 0.6 is 0 Å². The smallest absolute Gasteiger partial charge is 0.319 e. The number of urea groups is 1. The fourth-order valence-electron chi connectivity index (χ4n) is 1.56. The first-order valence-corrected chi connectivity index (χ1v) is 6.29. The highest BCUT2D eigenvalue weighted by molar-refractivity contribution is 5.95. The van der Waals surface area contributed by atoms with Crippen molar-refractivity contribution in [1.82, 2.24) is 10.2 Å². The monoisotopic (exact) mass is 263 g/mol. The molecule has 104 valence electrons. The van der Waals surface area contributed by atoms with Gasteiger partial charge in [0.25, 0.3) is 0 Å². The number of hydrogen-bond acceptors (Lipinski definition) is 3. The van der Waals surface area contributed by atoms with Crippen LogP contribution in [-0.2, 0) is 0 Å². The molecule has 0 bridgehead atoms. The summed E-state index contributed by atoms with van der Waals surface area (Å²) in [5, 5.41) is 5.50. The summed E-state index contributed by atoms with van der Waals surface area (Å²) in [5.41, 5.74) is 1.31. The number of carbonyl (C=O) groups is 2. The Labute approximate surface area is 114 Å². The van der Waals surface area contributed by atoms with Crippen LogP contribution in [0.1, 0.15) is 23.7 Å². The van der Waals surface area contributed by atoms with Crippen LogP contribution in [0.2, 0.25) is 0 Å². The molecule has 2 amide bonds. The van der Waals surface area contributed by atoms with Gasteiger partial charge in [0.2, 0.25) is 0 Å². The van der Waals surface area contributed by atoms with E-state index in [4.69, 9.17) is 0 Å². The summed E-state index contributed by atoms with van der Waals surface area (Å²) in [6, 6.07) is 6.61. The molecule has 0 atom stereocenters. The molecule has 19 heavy (non-hydrogen) atoms. The molecule has 5 heteroatoms. The van der Waals surface area contributed by atoms with Crippen LogP contribution in [0.3, 0.4) is 0 Å². The molecule has 2 N–H and O–H groups in total. The highest BCUT2D eigenvalue weighted by Crippen LogP contribution is 2.09. The summed E-state index contributed by atoms with van der Waals surface area (Å²) >= 11 is 0. The Balaban J connectivity index is 2.34. The lowest BCUT2D eigenvalue weighted by molar-refractivity contribution is 0.101. The second-order valence-corrected chi connectivity index (χ2v) is 4.67. The van der Waals surface area contributed by atoms with Crippen molar-refractivity contribution in [3.05, 3.63) is 29.8 Å². The molecule has 0 saturated heterocycles. The van der Waals surface area contributed by atoms with Gasteiger partial charge in [0.1, 0.15) is 0 Å². The molecule has 1 rings (SSSR count). The predicted octanol–water partition coefficient (Wildman–Crippen LogP) is 1.96. The van der Waals surface area contributed by atoms with E-state index in [-0.39, 0.29) is 11.8 Å². The topological polar surface area (TPSA) is 61.4 Å². The number of nitrogens with one attached hydrogen (secondary N) is 2. The number of Topliss-reactive ketones (excluding diaryl/α,β-unsaturated/α-hetero) is 1. The zero-order valence-corrected chi connectivity index (χ0v) is 11.7. The summed E-state index contributed by atoms with van der Waals surface area (Å²) in [6.07, 6.45) is 0.906. The first kappa shape index (κ1) is 15.2. The Hall–Kier alpha value is -1.88. The molecule has 0 aliphatic rings. The molecule has 0 spiro atoms. The lowest BCUT2D eigenvalue weighted by Gasteiger charge is -2.10. The summed E-state index contributed by atoms with van der Waals surface area (Å²) in [6.45, 7) is 3.09. The largest absolute Gasteiger partial charge is 0.338 e. The maximum absolute atomic E-state index is 11.6. The van der Waals surface area contributed by atoms with Gasteiger partial charge in [0.05, 0.1) is 0 Å². The summed E-state index contributed by atoms with van der Waals surface area (Å²) in [7, 11) is 3.99. The first-order valence-electron chi connectivity index (χ1n) is 6.29. The fraction of sp³-hybridized carbons (Fsp3) is 0.429. The van der Waals surface area contributed by atoms with Gasteiger partial charge < -0.3 is 15.5 Å². The Morgan fingerprint density at radius 1 is 1.16 bits per heavy atom. The third-order valence-corrected chi connectivity index (χ3v) is 2.62. The van der Waals surface area contributed by atoms with Crippen molar-refractivity contribution < 1.29 is 9.59 Å². The molecule has 0 radical (unpaired) electrons. The van der Waals surface area contributed by atoms with Crippen LogP contribution in [0, 0.1) is 0 Å². The van der Waals surface area contributed by atoms with Gasteiger partial charge in [0, 0.05) is 17.8 Å². The zero-order valence-electron chi connectivity index (χ0n) is 11.7. The van der Waals surface area contributed by atoms with Crippen LogP contribution in [0.4, 0.5) is 10.5 Å². The van der Waals surface area contributed by atoms with Crippen LogP contribution in [0.15, 0.2) is 24.3 Å². The number of benzene rings is 1. The molecule has 0 aliphatic heterocycles. The Morgan fingerprint density at radius 3 is 2.32 bits per heavy atom. The van der Waals surface area contributed by atoms with Gasteiger partial charge >= 0.3 is 6.03 Å². The number of ketones is 1. The molecule has 0 aliphatic carbocycles. The van der Waals surface area contributed by atoms with Crippen molar-refractivity contribution in [3.63, 3.8) is 0 Å². The molecule has 0 fully saturated rings. The average Bonchev–Trinajstić information content (AvgIpc) is 2.35. The van der Waals surface area contributed by atoms with Gasteiger partial charge in [-0.1, -0.05) is 0 Å².